The lowest BCUT2D eigenvalue weighted by Gasteiger charge is -2.19. The number of hydrogen-bond donors (Lipinski definition) is 0. The lowest BCUT2D eigenvalue weighted by molar-refractivity contribution is 0.0600. The summed E-state index contributed by atoms with van der Waals surface area (Å²) in [6, 6.07) is 12.2. The number of ether oxygens (including phenoxy) is 1. The van der Waals surface area contributed by atoms with Gasteiger partial charge in [-0.2, -0.15) is 0 Å². The highest BCUT2D eigenvalue weighted by molar-refractivity contribution is 5.92. The molecular weight excluding hydrogens is 267 g/mol. The first-order chi connectivity index (χ1) is 10.2. The third-order valence-electron chi connectivity index (χ3n) is 3.75. The maximum absolute atomic E-state index is 14.1. The van der Waals surface area contributed by atoms with Crippen LogP contribution in [0.2, 0.25) is 0 Å². The van der Waals surface area contributed by atoms with Crippen molar-refractivity contribution in [3.05, 3.63) is 76.6 Å². The molecule has 0 aliphatic heterocycles. The van der Waals surface area contributed by atoms with E-state index in [1.807, 2.05) is 18.2 Å². The molecular formula is C18H15FO2. The van der Waals surface area contributed by atoms with Gasteiger partial charge in [0.1, 0.15) is 5.82 Å². The maximum atomic E-state index is 14.1. The summed E-state index contributed by atoms with van der Waals surface area (Å²) < 4.78 is 18.8. The van der Waals surface area contributed by atoms with E-state index in [0.29, 0.717) is 11.1 Å². The van der Waals surface area contributed by atoms with Crippen molar-refractivity contribution in [3.63, 3.8) is 0 Å². The van der Waals surface area contributed by atoms with Gasteiger partial charge in [0.25, 0.3) is 0 Å². The van der Waals surface area contributed by atoms with Crippen molar-refractivity contribution in [2.45, 2.75) is 12.8 Å². The number of benzene rings is 2. The summed E-state index contributed by atoms with van der Waals surface area (Å²) in [6.07, 6.45) is 3.80. The number of esters is 1. The Hall–Kier alpha value is -2.42. The van der Waals surface area contributed by atoms with Crippen LogP contribution in [0.25, 0.3) is 5.57 Å². The molecule has 0 heterocycles. The van der Waals surface area contributed by atoms with Crippen molar-refractivity contribution >= 4 is 11.5 Å². The highest BCUT2D eigenvalue weighted by atomic mass is 19.1. The van der Waals surface area contributed by atoms with Crippen LogP contribution in [0.3, 0.4) is 0 Å². The van der Waals surface area contributed by atoms with Crippen molar-refractivity contribution < 1.29 is 13.9 Å². The van der Waals surface area contributed by atoms with Gasteiger partial charge in [-0.25, -0.2) is 9.18 Å². The highest BCUT2D eigenvalue weighted by Gasteiger charge is 2.18. The molecule has 0 atom stereocenters. The predicted octanol–water partition coefficient (Wildman–Crippen LogP) is 3.99. The fraction of sp³-hybridized carbons (Fsp3) is 0.167. The molecule has 3 rings (SSSR count). The first-order valence-electron chi connectivity index (χ1n) is 6.87. The summed E-state index contributed by atoms with van der Waals surface area (Å²) in [5, 5.41) is 0. The van der Waals surface area contributed by atoms with Gasteiger partial charge in [0.2, 0.25) is 0 Å². The third kappa shape index (κ3) is 2.47. The summed E-state index contributed by atoms with van der Waals surface area (Å²) in [5.41, 5.74) is 3.94. The molecule has 0 amide bonds. The van der Waals surface area contributed by atoms with Crippen LogP contribution in [-0.4, -0.2) is 13.1 Å². The second-order valence-corrected chi connectivity index (χ2v) is 5.00. The van der Waals surface area contributed by atoms with E-state index in [1.54, 1.807) is 24.3 Å². The summed E-state index contributed by atoms with van der Waals surface area (Å²) in [5.74, 6) is -0.628. The molecule has 2 aromatic rings. The highest BCUT2D eigenvalue weighted by Crippen LogP contribution is 2.33. The average Bonchev–Trinajstić information content (AvgIpc) is 2.53. The largest absolute Gasteiger partial charge is 0.465 e. The van der Waals surface area contributed by atoms with Gasteiger partial charge in [0.05, 0.1) is 12.7 Å². The Labute approximate surface area is 122 Å². The first kappa shape index (κ1) is 13.6. The van der Waals surface area contributed by atoms with Crippen molar-refractivity contribution in [1.82, 2.24) is 0 Å². The van der Waals surface area contributed by atoms with Gasteiger partial charge >= 0.3 is 5.97 Å². The molecule has 1 aliphatic rings. The number of carbonyl (C=O) groups excluding carboxylic acids is 1. The van der Waals surface area contributed by atoms with E-state index in [9.17, 15) is 9.18 Å². The number of fused-ring (bicyclic) bond motifs is 1. The molecule has 106 valence electrons. The number of carbonyl (C=O) groups is 1. The summed E-state index contributed by atoms with van der Waals surface area (Å²) in [4.78, 5) is 11.7. The van der Waals surface area contributed by atoms with Crippen molar-refractivity contribution in [3.8, 4) is 0 Å². The number of rotatable bonds is 2. The molecule has 0 radical (unpaired) electrons. The van der Waals surface area contributed by atoms with E-state index in [1.165, 1.54) is 13.2 Å². The van der Waals surface area contributed by atoms with Crippen LogP contribution in [0.1, 0.15) is 33.5 Å². The van der Waals surface area contributed by atoms with Gasteiger partial charge in [-0.05, 0) is 47.7 Å². The summed E-state index contributed by atoms with van der Waals surface area (Å²) >= 11 is 0. The zero-order chi connectivity index (χ0) is 14.8. The van der Waals surface area contributed by atoms with E-state index in [0.717, 1.165) is 29.5 Å². The minimum Gasteiger partial charge on any atom is -0.465 e. The number of aryl methyl sites for hydroxylation is 1. The molecule has 21 heavy (non-hydrogen) atoms. The Bertz CT molecular complexity index is 732. The third-order valence-corrected chi connectivity index (χ3v) is 3.75. The standard InChI is InChI=1S/C18H15FO2/c1-21-18(20)13-10-9-12-5-4-7-14(16(12)11-13)15-6-2-3-8-17(15)19/h2-3,6-11H,4-5H2,1H3. The SMILES string of the molecule is COC(=O)c1ccc2c(c1)C(c1ccccc1F)=CCC2. The van der Waals surface area contributed by atoms with Crippen LogP contribution < -0.4 is 0 Å². The number of hydrogen-bond acceptors (Lipinski definition) is 2. The molecule has 1 aliphatic carbocycles. The van der Waals surface area contributed by atoms with Crippen LogP contribution >= 0.6 is 0 Å². The fourth-order valence-electron chi connectivity index (χ4n) is 2.71. The van der Waals surface area contributed by atoms with Gasteiger partial charge in [0.15, 0.2) is 0 Å². The van der Waals surface area contributed by atoms with Crippen molar-refractivity contribution in [2.24, 2.45) is 0 Å². The second kappa shape index (κ2) is 5.52. The minimum absolute atomic E-state index is 0.250. The van der Waals surface area contributed by atoms with Gasteiger partial charge in [-0.3, -0.25) is 0 Å². The second-order valence-electron chi connectivity index (χ2n) is 5.00. The molecule has 0 fully saturated rings. The molecule has 0 N–H and O–H groups in total. The van der Waals surface area contributed by atoms with Crippen LogP contribution in [-0.2, 0) is 11.2 Å². The Balaban J connectivity index is 2.13. The van der Waals surface area contributed by atoms with E-state index in [2.05, 4.69) is 0 Å². The maximum Gasteiger partial charge on any atom is 0.337 e. The van der Waals surface area contributed by atoms with E-state index in [-0.39, 0.29) is 11.8 Å². The molecule has 0 saturated carbocycles. The van der Waals surface area contributed by atoms with E-state index in [4.69, 9.17) is 4.74 Å². The molecule has 0 unspecified atom stereocenters. The summed E-state index contributed by atoms with van der Waals surface area (Å²) in [7, 11) is 1.36. The van der Waals surface area contributed by atoms with Crippen molar-refractivity contribution in [2.75, 3.05) is 7.11 Å². The van der Waals surface area contributed by atoms with Crippen LogP contribution in [0, 0.1) is 5.82 Å². The smallest absolute Gasteiger partial charge is 0.337 e. The lowest BCUT2D eigenvalue weighted by atomic mass is 9.86. The molecule has 0 aromatic heterocycles. The first-order valence-corrected chi connectivity index (χ1v) is 6.87. The molecule has 0 saturated heterocycles. The Morgan fingerprint density at radius 3 is 2.71 bits per heavy atom. The molecule has 0 bridgehead atoms. The average molecular weight is 282 g/mol. The van der Waals surface area contributed by atoms with Crippen LogP contribution in [0.15, 0.2) is 48.5 Å². The summed E-state index contributed by atoms with van der Waals surface area (Å²) in [6.45, 7) is 0. The van der Waals surface area contributed by atoms with E-state index < -0.39 is 0 Å². The number of methoxy groups -OCH3 is 1. The van der Waals surface area contributed by atoms with Gasteiger partial charge in [0, 0.05) is 5.56 Å². The zero-order valence-corrected chi connectivity index (χ0v) is 11.7. The van der Waals surface area contributed by atoms with Gasteiger partial charge in [-0.15, -0.1) is 0 Å². The monoisotopic (exact) mass is 282 g/mol. The molecule has 2 aromatic carbocycles. The number of allylic oxidation sites excluding steroid dienone is 1. The zero-order valence-electron chi connectivity index (χ0n) is 11.7. The molecule has 2 nitrogen and oxygen atoms in total. The Kier molecular flexibility index (Phi) is 3.57. The van der Waals surface area contributed by atoms with Gasteiger partial charge < -0.3 is 4.74 Å². The minimum atomic E-state index is -0.378. The topological polar surface area (TPSA) is 26.3 Å². The lowest BCUT2D eigenvalue weighted by Crippen LogP contribution is -2.07. The Morgan fingerprint density at radius 1 is 1.14 bits per heavy atom. The van der Waals surface area contributed by atoms with Gasteiger partial charge in [-0.1, -0.05) is 30.3 Å². The quantitative estimate of drug-likeness (QED) is 0.778. The van der Waals surface area contributed by atoms with Crippen LogP contribution in [0.4, 0.5) is 4.39 Å². The number of halogens is 1. The Morgan fingerprint density at radius 2 is 1.95 bits per heavy atom. The normalized spacial score (nSPS) is 13.3. The molecule has 0 spiro atoms. The van der Waals surface area contributed by atoms with Crippen LogP contribution in [0.5, 0.6) is 0 Å². The fourth-order valence-corrected chi connectivity index (χ4v) is 2.71. The predicted molar refractivity (Wildman–Crippen MR) is 79.6 cm³/mol. The molecule has 3 heteroatoms. The van der Waals surface area contributed by atoms with Crippen molar-refractivity contribution in [1.29, 1.82) is 0 Å². The van der Waals surface area contributed by atoms with E-state index >= 15 is 0 Å².